The van der Waals surface area contributed by atoms with Crippen molar-refractivity contribution in [2.75, 3.05) is 19.3 Å². The molecule has 224 valence electrons. The fraction of sp³-hybridized carbons (Fsp3) is 0.258. The highest BCUT2D eigenvalue weighted by Crippen LogP contribution is 2.32. The molecule has 44 heavy (non-hydrogen) atoms. The molecule has 1 aliphatic rings. The van der Waals surface area contributed by atoms with Gasteiger partial charge in [0.05, 0.1) is 17.5 Å². The van der Waals surface area contributed by atoms with Crippen LogP contribution in [0.5, 0.6) is 0 Å². The molecular weight excluding hydrogens is 581 g/mol. The number of piperidine rings is 1. The van der Waals surface area contributed by atoms with Crippen LogP contribution in [0.25, 0.3) is 56.1 Å². The van der Waals surface area contributed by atoms with Crippen LogP contribution in [0.2, 0.25) is 0 Å². The average molecular weight is 612 g/mol. The normalized spacial score (nSPS) is 14.5. The predicted molar refractivity (Wildman–Crippen MR) is 166 cm³/mol. The van der Waals surface area contributed by atoms with Gasteiger partial charge in [-0.1, -0.05) is 6.42 Å². The van der Waals surface area contributed by atoms with Crippen molar-refractivity contribution in [2.24, 2.45) is 0 Å². The van der Waals surface area contributed by atoms with Crippen LogP contribution in [-0.2, 0) is 23.1 Å². The molecule has 0 amide bonds. The first kappa shape index (κ1) is 28.2. The summed E-state index contributed by atoms with van der Waals surface area (Å²) in [6.07, 6.45) is 10.2. The first-order chi connectivity index (χ1) is 21.3. The van der Waals surface area contributed by atoms with Crippen molar-refractivity contribution >= 4 is 32.2 Å². The van der Waals surface area contributed by atoms with Crippen LogP contribution in [0.15, 0.2) is 61.1 Å². The molecule has 13 heteroatoms. The molecule has 11 nitrogen and oxygen atoms in total. The van der Waals surface area contributed by atoms with Gasteiger partial charge in [0.25, 0.3) is 0 Å². The summed E-state index contributed by atoms with van der Waals surface area (Å²) in [6, 6.07) is 12.2. The summed E-state index contributed by atoms with van der Waals surface area (Å²) in [7, 11) is -3.44. The van der Waals surface area contributed by atoms with Crippen LogP contribution in [-0.4, -0.2) is 67.8 Å². The lowest BCUT2D eigenvalue weighted by atomic mass is 10.0. The minimum absolute atomic E-state index is 0.0341. The molecule has 0 bridgehead atoms. The van der Waals surface area contributed by atoms with E-state index in [1.165, 1.54) is 31.4 Å². The minimum atomic E-state index is -3.44. The number of fused-ring (bicyclic) bond motifs is 2. The number of likely N-dealkylation sites (tertiary alicyclic amines) is 1. The third-order valence-corrected chi connectivity index (χ3v) is 8.44. The monoisotopic (exact) mass is 611 g/mol. The fourth-order valence-electron chi connectivity index (χ4n) is 5.69. The summed E-state index contributed by atoms with van der Waals surface area (Å²) in [5, 5.41) is 7.55. The van der Waals surface area contributed by atoms with Gasteiger partial charge in [0.1, 0.15) is 16.9 Å². The lowest BCUT2D eigenvalue weighted by Gasteiger charge is -2.26. The lowest BCUT2D eigenvalue weighted by molar-refractivity contribution is 0.220. The Hall–Kier alpha value is -4.59. The Morgan fingerprint density at radius 3 is 2.64 bits per heavy atom. The van der Waals surface area contributed by atoms with Crippen molar-refractivity contribution in [1.29, 1.82) is 0 Å². The molecule has 6 aromatic rings. The van der Waals surface area contributed by atoms with Gasteiger partial charge < -0.3 is 4.98 Å². The van der Waals surface area contributed by atoms with E-state index in [9.17, 15) is 12.8 Å². The summed E-state index contributed by atoms with van der Waals surface area (Å²) in [4.78, 5) is 24.4. The predicted octanol–water partition coefficient (Wildman–Crippen LogP) is 4.80. The number of pyridine rings is 3. The second-order valence-electron chi connectivity index (χ2n) is 11.2. The first-order valence-corrected chi connectivity index (χ1v) is 16.3. The number of hydrogen-bond donors (Lipinski definition) is 3. The number of nitrogens with zero attached hydrogens (tertiary/aromatic N) is 6. The van der Waals surface area contributed by atoms with Crippen LogP contribution in [0, 0.1) is 5.82 Å². The quantitative estimate of drug-likeness (QED) is 0.223. The number of rotatable bonds is 8. The Bertz CT molecular complexity index is 2100. The van der Waals surface area contributed by atoms with Crippen LogP contribution in [0.1, 0.15) is 30.4 Å². The zero-order chi connectivity index (χ0) is 30.3. The maximum atomic E-state index is 14.6. The summed E-state index contributed by atoms with van der Waals surface area (Å²) in [5.41, 5.74) is 7.47. The third-order valence-electron chi connectivity index (χ3n) is 7.77. The van der Waals surface area contributed by atoms with E-state index in [-0.39, 0.29) is 6.54 Å². The molecule has 0 atom stereocenters. The van der Waals surface area contributed by atoms with Gasteiger partial charge in [-0.2, -0.15) is 5.10 Å². The molecule has 0 spiro atoms. The van der Waals surface area contributed by atoms with Crippen molar-refractivity contribution in [3.05, 3.63) is 78.0 Å². The number of aromatic nitrogens is 7. The summed E-state index contributed by atoms with van der Waals surface area (Å²) in [5.74, 6) is -0.0266. The SMILES string of the molecule is CS(=O)(=O)NCc1cc(F)cc(-c2ccnc3[nH]c(-c4n[nH]c5ccc(-c6cncc(CN7CCCCC7)c6)nc45)nc23)c1. The van der Waals surface area contributed by atoms with Gasteiger partial charge in [0.2, 0.25) is 10.0 Å². The van der Waals surface area contributed by atoms with Crippen molar-refractivity contribution in [3.63, 3.8) is 0 Å². The van der Waals surface area contributed by atoms with E-state index in [1.807, 2.05) is 24.5 Å². The third kappa shape index (κ3) is 5.94. The lowest BCUT2D eigenvalue weighted by Crippen LogP contribution is -2.29. The van der Waals surface area contributed by atoms with Crippen molar-refractivity contribution < 1.29 is 12.8 Å². The molecular formula is C31H30FN9O2S. The molecule has 1 aromatic carbocycles. The first-order valence-electron chi connectivity index (χ1n) is 14.4. The Kier molecular flexibility index (Phi) is 7.36. The Morgan fingerprint density at radius 2 is 1.80 bits per heavy atom. The number of sulfonamides is 1. The van der Waals surface area contributed by atoms with E-state index >= 15 is 0 Å². The summed E-state index contributed by atoms with van der Waals surface area (Å²) in [6.45, 7) is 3.06. The molecule has 6 heterocycles. The highest BCUT2D eigenvalue weighted by molar-refractivity contribution is 7.88. The zero-order valence-electron chi connectivity index (χ0n) is 24.0. The van der Waals surface area contributed by atoms with Crippen LogP contribution >= 0.6 is 0 Å². The largest absolute Gasteiger partial charge is 0.321 e. The van der Waals surface area contributed by atoms with E-state index in [4.69, 9.17) is 9.97 Å². The van der Waals surface area contributed by atoms with E-state index in [1.54, 1.807) is 18.3 Å². The zero-order valence-corrected chi connectivity index (χ0v) is 24.8. The highest BCUT2D eigenvalue weighted by Gasteiger charge is 2.19. The van der Waals surface area contributed by atoms with Gasteiger partial charge in [0, 0.05) is 42.8 Å². The number of aromatic amines is 2. The van der Waals surface area contributed by atoms with Crippen LogP contribution in [0.3, 0.4) is 0 Å². The number of hydrogen-bond acceptors (Lipinski definition) is 8. The number of halogens is 1. The maximum absolute atomic E-state index is 14.6. The molecule has 7 rings (SSSR count). The number of nitrogens with one attached hydrogen (secondary N) is 3. The summed E-state index contributed by atoms with van der Waals surface area (Å²) >= 11 is 0. The molecule has 1 fully saturated rings. The van der Waals surface area contributed by atoms with Gasteiger partial charge >= 0.3 is 0 Å². The average Bonchev–Trinajstić information content (AvgIpc) is 3.64. The number of H-pyrrole nitrogens is 2. The number of benzene rings is 1. The van der Waals surface area contributed by atoms with E-state index < -0.39 is 15.8 Å². The minimum Gasteiger partial charge on any atom is -0.321 e. The second-order valence-corrected chi connectivity index (χ2v) is 13.0. The second kappa shape index (κ2) is 11.5. The molecule has 0 saturated carbocycles. The van der Waals surface area contributed by atoms with Crippen LogP contribution in [0.4, 0.5) is 4.39 Å². The molecule has 0 unspecified atom stereocenters. The van der Waals surface area contributed by atoms with Gasteiger partial charge in [-0.05, 0) is 85.1 Å². The number of imidazole rings is 1. The van der Waals surface area contributed by atoms with Crippen LogP contribution < -0.4 is 4.72 Å². The topological polar surface area (TPSA) is 145 Å². The van der Waals surface area contributed by atoms with E-state index in [0.29, 0.717) is 44.9 Å². The van der Waals surface area contributed by atoms with Crippen molar-refractivity contribution in [2.45, 2.75) is 32.4 Å². The molecule has 3 N–H and O–H groups in total. The van der Waals surface area contributed by atoms with Crippen molar-refractivity contribution in [3.8, 4) is 33.9 Å². The standard InChI is InChI=1S/C31H30FN9O2S/c1-44(42,43)35-16-19-11-21(14-23(32)13-19)24-7-8-34-30-27(24)37-31(38-30)29-28-26(39-40-29)6-5-25(36-28)22-12-20(15-33-17-22)18-41-9-3-2-4-10-41/h5-8,11-15,17,35H,2-4,9-10,16,18H2,1H3,(H,39,40)(H,34,37,38). The Balaban J connectivity index is 1.23. The molecule has 0 radical (unpaired) electrons. The van der Waals surface area contributed by atoms with Gasteiger partial charge in [-0.3, -0.25) is 15.0 Å². The fourth-order valence-corrected chi connectivity index (χ4v) is 6.12. The van der Waals surface area contributed by atoms with E-state index in [2.05, 4.69) is 40.8 Å². The van der Waals surface area contributed by atoms with E-state index in [0.717, 1.165) is 48.2 Å². The van der Waals surface area contributed by atoms with Gasteiger partial charge in [-0.15, -0.1) is 0 Å². The summed E-state index contributed by atoms with van der Waals surface area (Å²) < 4.78 is 40.2. The Morgan fingerprint density at radius 1 is 0.955 bits per heavy atom. The van der Waals surface area contributed by atoms with Gasteiger partial charge in [0.15, 0.2) is 17.2 Å². The Labute approximate surface area is 253 Å². The van der Waals surface area contributed by atoms with Gasteiger partial charge in [-0.25, -0.2) is 32.5 Å². The molecule has 1 saturated heterocycles. The molecule has 1 aliphatic heterocycles. The molecule has 0 aliphatic carbocycles. The maximum Gasteiger partial charge on any atom is 0.209 e. The van der Waals surface area contributed by atoms with Crippen molar-refractivity contribution in [1.82, 2.24) is 44.7 Å². The highest BCUT2D eigenvalue weighted by atomic mass is 32.2. The molecule has 5 aromatic heterocycles. The smallest absolute Gasteiger partial charge is 0.209 e.